The summed E-state index contributed by atoms with van der Waals surface area (Å²) in [6.45, 7) is 8.31. The Bertz CT molecular complexity index is 723. The third-order valence-corrected chi connectivity index (χ3v) is 6.66. The highest BCUT2D eigenvalue weighted by Crippen LogP contribution is 2.30. The van der Waals surface area contributed by atoms with Crippen molar-refractivity contribution in [2.45, 2.75) is 58.4 Å². The number of amides is 2. The molecule has 0 spiro atoms. The molecule has 154 valence electrons. The first-order valence-corrected chi connectivity index (χ1v) is 11.1. The average molecular weight is 405 g/mol. The molecule has 0 bridgehead atoms. The van der Waals surface area contributed by atoms with Crippen molar-refractivity contribution in [3.8, 4) is 0 Å². The zero-order chi connectivity index (χ0) is 20.3. The molecule has 3 heterocycles. The molecule has 3 rings (SSSR count). The van der Waals surface area contributed by atoms with Crippen LogP contribution in [0.25, 0.3) is 0 Å². The zero-order valence-electron chi connectivity index (χ0n) is 17.2. The number of piperidine rings is 1. The van der Waals surface area contributed by atoms with Gasteiger partial charge in [0.05, 0.1) is 6.42 Å². The topological polar surface area (TPSA) is 79.0 Å². The van der Waals surface area contributed by atoms with Crippen LogP contribution >= 0.6 is 11.3 Å². The Kier molecular flexibility index (Phi) is 6.43. The summed E-state index contributed by atoms with van der Waals surface area (Å²) >= 11 is 1.63. The van der Waals surface area contributed by atoms with Crippen molar-refractivity contribution in [2.24, 2.45) is 22.6 Å². The molecule has 2 amide bonds. The van der Waals surface area contributed by atoms with E-state index < -0.39 is 5.54 Å². The van der Waals surface area contributed by atoms with Gasteiger partial charge in [0.15, 0.2) is 5.96 Å². The summed E-state index contributed by atoms with van der Waals surface area (Å²) < 4.78 is 0. The maximum atomic E-state index is 12.8. The molecule has 0 saturated carbocycles. The Morgan fingerprint density at radius 1 is 1.39 bits per heavy atom. The number of thiophene rings is 1. The number of hydrogen-bond acceptors (Lipinski definition) is 5. The second-order valence-corrected chi connectivity index (χ2v) is 9.70. The smallest absolute Gasteiger partial charge is 0.257 e. The highest BCUT2D eigenvalue weighted by atomic mass is 32.1. The first-order valence-electron chi connectivity index (χ1n) is 10.3. The van der Waals surface area contributed by atoms with Crippen LogP contribution in [0, 0.1) is 11.8 Å². The lowest BCUT2D eigenvalue weighted by molar-refractivity contribution is -0.131. The van der Waals surface area contributed by atoms with Crippen LogP contribution in [-0.2, 0) is 16.0 Å². The predicted octanol–water partition coefficient (Wildman–Crippen LogP) is 2.88. The number of nitrogens with zero attached hydrogens (tertiary/aromatic N) is 3. The van der Waals surface area contributed by atoms with Crippen LogP contribution in [0.4, 0.5) is 0 Å². The van der Waals surface area contributed by atoms with Crippen molar-refractivity contribution in [3.63, 3.8) is 0 Å². The number of rotatable bonds is 7. The van der Waals surface area contributed by atoms with Crippen molar-refractivity contribution in [1.82, 2.24) is 9.80 Å². The van der Waals surface area contributed by atoms with Gasteiger partial charge in [-0.05, 0) is 55.9 Å². The second-order valence-electron chi connectivity index (χ2n) is 8.67. The van der Waals surface area contributed by atoms with Gasteiger partial charge in [-0.3, -0.25) is 14.5 Å². The maximum absolute atomic E-state index is 12.8. The fourth-order valence-electron chi connectivity index (χ4n) is 4.36. The first-order chi connectivity index (χ1) is 13.3. The van der Waals surface area contributed by atoms with Crippen molar-refractivity contribution in [3.05, 3.63) is 22.4 Å². The third-order valence-electron chi connectivity index (χ3n) is 5.78. The highest BCUT2D eigenvalue weighted by Gasteiger charge is 2.44. The van der Waals surface area contributed by atoms with Crippen LogP contribution in [0.2, 0.25) is 0 Å². The van der Waals surface area contributed by atoms with Gasteiger partial charge in [0.2, 0.25) is 5.91 Å². The van der Waals surface area contributed by atoms with Gasteiger partial charge in [0, 0.05) is 24.5 Å². The number of carbonyl (C=O) groups is 2. The van der Waals surface area contributed by atoms with Gasteiger partial charge in [-0.1, -0.05) is 19.9 Å². The lowest BCUT2D eigenvalue weighted by atomic mass is 9.90. The number of nitrogens with two attached hydrogens (primary N) is 1. The van der Waals surface area contributed by atoms with Crippen LogP contribution in [-0.4, -0.2) is 52.7 Å². The average Bonchev–Trinajstić information content (AvgIpc) is 3.20. The summed E-state index contributed by atoms with van der Waals surface area (Å²) in [7, 11) is 0. The van der Waals surface area contributed by atoms with E-state index in [1.54, 1.807) is 16.2 Å². The van der Waals surface area contributed by atoms with E-state index >= 15 is 0 Å². The standard InChI is InChI=1S/C21H32N4O2S/c1-15(2)14-21(3)19(27)25(20(22)23-21)11-8-16-6-9-24(10-7-16)18(26)13-17-5-4-12-28-17/h4-5,12,15-16H,6-11,13-14H2,1-3H3,(H2,22,23). The van der Waals surface area contributed by atoms with E-state index in [1.165, 1.54) is 0 Å². The molecule has 1 aromatic rings. The molecular formula is C21H32N4O2S. The van der Waals surface area contributed by atoms with E-state index in [2.05, 4.69) is 18.8 Å². The molecule has 7 heteroatoms. The van der Waals surface area contributed by atoms with Crippen LogP contribution < -0.4 is 5.73 Å². The van der Waals surface area contributed by atoms with E-state index in [4.69, 9.17) is 5.73 Å². The molecule has 2 aliphatic rings. The van der Waals surface area contributed by atoms with Gasteiger partial charge >= 0.3 is 0 Å². The molecule has 2 aliphatic heterocycles. The van der Waals surface area contributed by atoms with Gasteiger partial charge in [0.1, 0.15) is 5.54 Å². The van der Waals surface area contributed by atoms with Crippen LogP contribution in [0.5, 0.6) is 0 Å². The lowest BCUT2D eigenvalue weighted by Gasteiger charge is -2.33. The minimum absolute atomic E-state index is 0.0299. The summed E-state index contributed by atoms with van der Waals surface area (Å²) in [4.78, 5) is 34.5. The first kappa shape index (κ1) is 20.8. The van der Waals surface area contributed by atoms with Gasteiger partial charge < -0.3 is 10.6 Å². The summed E-state index contributed by atoms with van der Waals surface area (Å²) in [5, 5.41) is 2.01. The molecule has 0 aliphatic carbocycles. The maximum Gasteiger partial charge on any atom is 0.257 e. The molecule has 6 nitrogen and oxygen atoms in total. The lowest BCUT2D eigenvalue weighted by Crippen LogP contribution is -2.45. The Balaban J connectivity index is 1.45. The van der Waals surface area contributed by atoms with Crippen molar-refractivity contribution in [1.29, 1.82) is 0 Å². The summed E-state index contributed by atoms with van der Waals surface area (Å²) in [6, 6.07) is 4.00. The molecule has 1 unspecified atom stereocenters. The van der Waals surface area contributed by atoms with Gasteiger partial charge in [-0.25, -0.2) is 4.99 Å². The zero-order valence-corrected chi connectivity index (χ0v) is 18.0. The summed E-state index contributed by atoms with van der Waals surface area (Å²) in [6.07, 6.45) is 4.10. The van der Waals surface area contributed by atoms with E-state index in [0.717, 1.165) is 37.2 Å². The van der Waals surface area contributed by atoms with Gasteiger partial charge in [0.25, 0.3) is 5.91 Å². The molecule has 2 N–H and O–H groups in total. The minimum Gasteiger partial charge on any atom is -0.369 e. The van der Waals surface area contributed by atoms with E-state index in [0.29, 0.717) is 37.2 Å². The molecule has 0 radical (unpaired) electrons. The molecule has 0 aromatic carbocycles. The van der Waals surface area contributed by atoms with E-state index in [-0.39, 0.29) is 11.8 Å². The quantitative estimate of drug-likeness (QED) is 0.759. The van der Waals surface area contributed by atoms with Crippen LogP contribution in [0.15, 0.2) is 22.5 Å². The Labute approximate surface area is 171 Å². The second kappa shape index (κ2) is 8.64. The van der Waals surface area contributed by atoms with Crippen LogP contribution in [0.1, 0.15) is 51.3 Å². The molecule has 1 aromatic heterocycles. The Hall–Kier alpha value is -1.89. The Morgan fingerprint density at radius 2 is 2.11 bits per heavy atom. The largest absolute Gasteiger partial charge is 0.369 e. The minimum atomic E-state index is -0.712. The number of hydrogen-bond donors (Lipinski definition) is 1. The number of guanidine groups is 1. The number of carbonyl (C=O) groups excluding carboxylic acids is 2. The van der Waals surface area contributed by atoms with Gasteiger partial charge in [-0.2, -0.15) is 0 Å². The molecular weight excluding hydrogens is 372 g/mol. The van der Waals surface area contributed by atoms with E-state index in [1.807, 2.05) is 29.3 Å². The van der Waals surface area contributed by atoms with Crippen molar-refractivity contribution >= 4 is 29.1 Å². The van der Waals surface area contributed by atoms with Crippen molar-refractivity contribution < 1.29 is 9.59 Å². The Morgan fingerprint density at radius 3 is 2.71 bits per heavy atom. The fourth-order valence-corrected chi connectivity index (χ4v) is 5.05. The number of likely N-dealkylation sites (tertiary alicyclic amines) is 1. The monoisotopic (exact) mass is 404 g/mol. The van der Waals surface area contributed by atoms with E-state index in [9.17, 15) is 9.59 Å². The molecule has 1 atom stereocenters. The number of aliphatic imine (C=N–C) groups is 1. The molecule has 1 fully saturated rings. The van der Waals surface area contributed by atoms with Crippen LogP contribution in [0.3, 0.4) is 0 Å². The summed E-state index contributed by atoms with van der Waals surface area (Å²) in [5.74, 6) is 1.51. The molecule has 28 heavy (non-hydrogen) atoms. The fraction of sp³-hybridized carbons (Fsp3) is 0.667. The van der Waals surface area contributed by atoms with Gasteiger partial charge in [-0.15, -0.1) is 11.3 Å². The summed E-state index contributed by atoms with van der Waals surface area (Å²) in [5.41, 5.74) is 5.35. The van der Waals surface area contributed by atoms with Crippen molar-refractivity contribution in [2.75, 3.05) is 19.6 Å². The normalized spacial score (nSPS) is 23.6. The molecule has 1 saturated heterocycles. The SMILES string of the molecule is CC(C)CC1(C)N=C(N)N(CCC2CCN(C(=O)Cc3cccs3)CC2)C1=O. The predicted molar refractivity (Wildman–Crippen MR) is 113 cm³/mol. The highest BCUT2D eigenvalue weighted by molar-refractivity contribution is 7.10. The third kappa shape index (κ3) is 4.74.